The van der Waals surface area contributed by atoms with Crippen molar-refractivity contribution in [1.82, 2.24) is 0 Å². The number of carbonyl (C=O) groups is 3. The first-order chi connectivity index (χ1) is 14.0. The molecule has 1 aliphatic rings. The highest BCUT2D eigenvalue weighted by Gasteiger charge is 2.40. The second-order valence-electron chi connectivity index (χ2n) is 6.75. The predicted octanol–water partition coefficient (Wildman–Crippen LogP) is 4.25. The Balaban J connectivity index is 1.62. The lowest BCUT2D eigenvalue weighted by Gasteiger charge is -2.15. The van der Waals surface area contributed by atoms with Crippen LogP contribution in [-0.2, 0) is 14.4 Å². The number of rotatable bonds is 8. The summed E-state index contributed by atoms with van der Waals surface area (Å²) >= 11 is 1.36. The number of thioether (sulfide) groups is 1. The van der Waals surface area contributed by atoms with Gasteiger partial charge in [-0.25, -0.2) is 4.90 Å². The highest BCUT2D eigenvalue weighted by atomic mass is 32.2. The maximum Gasteiger partial charge on any atom is 0.247 e. The summed E-state index contributed by atoms with van der Waals surface area (Å²) in [5.74, 6) is 0.235. The molecule has 1 N–H and O–H groups in total. The Morgan fingerprint density at radius 3 is 2.45 bits per heavy atom. The lowest BCUT2D eigenvalue weighted by Crippen LogP contribution is -2.31. The van der Waals surface area contributed by atoms with Gasteiger partial charge in [0.2, 0.25) is 17.7 Å². The van der Waals surface area contributed by atoms with Crippen LogP contribution in [-0.4, -0.2) is 30.1 Å². The minimum Gasteiger partial charge on any atom is -0.497 e. The van der Waals surface area contributed by atoms with Crippen molar-refractivity contribution in [2.24, 2.45) is 0 Å². The molecule has 3 amide bonds. The van der Waals surface area contributed by atoms with Crippen molar-refractivity contribution in [3.05, 3.63) is 48.5 Å². The maximum atomic E-state index is 12.8. The zero-order valence-corrected chi connectivity index (χ0v) is 17.3. The number of methoxy groups -OCH3 is 1. The molecule has 0 spiro atoms. The Bertz CT molecular complexity index is 881. The third-order valence-electron chi connectivity index (χ3n) is 4.61. The molecule has 0 aromatic heterocycles. The van der Waals surface area contributed by atoms with E-state index in [0.29, 0.717) is 17.9 Å². The molecule has 29 heavy (non-hydrogen) atoms. The van der Waals surface area contributed by atoms with Crippen molar-refractivity contribution in [2.45, 2.75) is 42.8 Å². The summed E-state index contributed by atoms with van der Waals surface area (Å²) in [7, 11) is 1.57. The van der Waals surface area contributed by atoms with Gasteiger partial charge in [0.1, 0.15) is 5.75 Å². The minimum atomic E-state index is -0.463. The third-order valence-corrected chi connectivity index (χ3v) is 5.81. The molecule has 0 aliphatic carbocycles. The Labute approximate surface area is 174 Å². The number of nitrogens with zero attached hydrogens (tertiary/aromatic N) is 1. The van der Waals surface area contributed by atoms with E-state index in [0.717, 1.165) is 23.4 Å². The number of hydrogen-bond donors (Lipinski definition) is 1. The molecule has 0 unspecified atom stereocenters. The van der Waals surface area contributed by atoms with Gasteiger partial charge in [-0.1, -0.05) is 13.3 Å². The van der Waals surface area contributed by atoms with Gasteiger partial charge in [-0.15, -0.1) is 11.8 Å². The van der Waals surface area contributed by atoms with Gasteiger partial charge in [0.15, 0.2) is 0 Å². The van der Waals surface area contributed by atoms with Crippen LogP contribution in [0.5, 0.6) is 5.75 Å². The van der Waals surface area contributed by atoms with E-state index in [1.165, 1.54) is 16.7 Å². The van der Waals surface area contributed by atoms with E-state index < -0.39 is 5.25 Å². The van der Waals surface area contributed by atoms with Gasteiger partial charge >= 0.3 is 0 Å². The van der Waals surface area contributed by atoms with E-state index in [2.05, 4.69) is 5.32 Å². The summed E-state index contributed by atoms with van der Waals surface area (Å²) in [5.41, 5.74) is 1.28. The molecule has 1 aliphatic heterocycles. The molecule has 0 radical (unpaired) electrons. The van der Waals surface area contributed by atoms with Crippen LogP contribution < -0.4 is 15.0 Å². The van der Waals surface area contributed by atoms with Crippen LogP contribution in [0.15, 0.2) is 53.4 Å². The number of unbranched alkanes of at least 4 members (excludes halogenated alkanes) is 1. The normalized spacial score (nSPS) is 16.2. The van der Waals surface area contributed by atoms with Gasteiger partial charge in [0.05, 0.1) is 18.0 Å². The molecule has 1 fully saturated rings. The second-order valence-corrected chi connectivity index (χ2v) is 8.03. The number of ether oxygens (including phenoxy) is 1. The Morgan fingerprint density at radius 2 is 1.83 bits per heavy atom. The summed E-state index contributed by atoms with van der Waals surface area (Å²) in [4.78, 5) is 39.1. The van der Waals surface area contributed by atoms with E-state index in [1.54, 1.807) is 31.4 Å². The predicted molar refractivity (Wildman–Crippen MR) is 114 cm³/mol. The first-order valence-electron chi connectivity index (χ1n) is 9.59. The van der Waals surface area contributed by atoms with Crippen molar-refractivity contribution in [2.75, 3.05) is 17.3 Å². The first kappa shape index (κ1) is 20.9. The van der Waals surface area contributed by atoms with Gasteiger partial charge in [-0.3, -0.25) is 14.4 Å². The van der Waals surface area contributed by atoms with E-state index in [9.17, 15) is 14.4 Å². The maximum absolute atomic E-state index is 12.8. The van der Waals surface area contributed by atoms with Gasteiger partial charge in [-0.2, -0.15) is 0 Å². The first-order valence-corrected chi connectivity index (χ1v) is 10.5. The molecular formula is C22H24N2O4S. The van der Waals surface area contributed by atoms with Crippen molar-refractivity contribution < 1.29 is 19.1 Å². The number of benzene rings is 2. The summed E-state index contributed by atoms with van der Waals surface area (Å²) in [6.07, 6.45) is 2.50. The van der Waals surface area contributed by atoms with Gasteiger partial charge in [0.25, 0.3) is 0 Å². The molecule has 0 bridgehead atoms. The monoisotopic (exact) mass is 412 g/mol. The van der Waals surface area contributed by atoms with Crippen LogP contribution in [0.3, 0.4) is 0 Å². The molecule has 7 heteroatoms. The SMILES string of the molecule is CCCCC(=O)Nc1ccc(S[C@H]2CC(=O)N(c3ccc(OC)cc3)C2=O)cc1. The molecule has 152 valence electrons. The Morgan fingerprint density at radius 1 is 1.14 bits per heavy atom. The number of anilines is 2. The molecule has 3 rings (SSSR count). The van der Waals surface area contributed by atoms with E-state index in [1.807, 2.05) is 31.2 Å². The fraction of sp³-hybridized carbons (Fsp3) is 0.318. The summed E-state index contributed by atoms with van der Waals surface area (Å²) in [6.45, 7) is 2.05. The van der Waals surface area contributed by atoms with Gasteiger partial charge < -0.3 is 10.1 Å². The zero-order valence-electron chi connectivity index (χ0n) is 16.5. The number of hydrogen-bond acceptors (Lipinski definition) is 5. The standard InChI is InChI=1S/C22H24N2O4S/c1-3-4-5-20(25)23-15-6-12-18(13-7-15)29-19-14-21(26)24(22(19)27)16-8-10-17(28-2)11-9-16/h6-13,19H,3-5,14H2,1-2H3,(H,23,25)/t19-/m0/s1. The van der Waals surface area contributed by atoms with Crippen molar-refractivity contribution in [1.29, 1.82) is 0 Å². The van der Waals surface area contributed by atoms with Crippen LogP contribution in [0.25, 0.3) is 0 Å². The van der Waals surface area contributed by atoms with Crippen molar-refractivity contribution in [3.63, 3.8) is 0 Å². The van der Waals surface area contributed by atoms with Crippen molar-refractivity contribution >= 4 is 40.9 Å². The molecule has 1 atom stereocenters. The average Bonchev–Trinajstić information content (AvgIpc) is 3.01. The lowest BCUT2D eigenvalue weighted by molar-refractivity contribution is -0.121. The van der Waals surface area contributed by atoms with Crippen LogP contribution >= 0.6 is 11.8 Å². The molecule has 1 heterocycles. The second kappa shape index (κ2) is 9.60. The van der Waals surface area contributed by atoms with E-state index in [4.69, 9.17) is 4.74 Å². The lowest BCUT2D eigenvalue weighted by atomic mass is 10.2. The third kappa shape index (κ3) is 5.17. The minimum absolute atomic E-state index is 0.000969. The number of carbonyl (C=O) groups excluding carboxylic acids is 3. The van der Waals surface area contributed by atoms with Gasteiger partial charge in [0, 0.05) is 23.4 Å². The Hall–Kier alpha value is -2.80. The van der Waals surface area contributed by atoms with Crippen LogP contribution in [0.2, 0.25) is 0 Å². The van der Waals surface area contributed by atoms with Crippen LogP contribution in [0, 0.1) is 0 Å². The van der Waals surface area contributed by atoms with E-state index in [-0.39, 0.29) is 24.1 Å². The van der Waals surface area contributed by atoms with E-state index >= 15 is 0 Å². The Kier molecular flexibility index (Phi) is 6.93. The zero-order chi connectivity index (χ0) is 20.8. The fourth-order valence-electron chi connectivity index (χ4n) is 3.04. The summed E-state index contributed by atoms with van der Waals surface area (Å²) in [6, 6.07) is 14.2. The quantitative estimate of drug-likeness (QED) is 0.656. The molecule has 2 aromatic rings. The van der Waals surface area contributed by atoms with Crippen molar-refractivity contribution in [3.8, 4) is 5.75 Å². The highest BCUT2D eigenvalue weighted by molar-refractivity contribution is 8.00. The average molecular weight is 413 g/mol. The number of imide groups is 1. The number of amides is 3. The van der Waals surface area contributed by atoms with Crippen LogP contribution in [0.4, 0.5) is 11.4 Å². The topological polar surface area (TPSA) is 75.7 Å². The highest BCUT2D eigenvalue weighted by Crippen LogP contribution is 2.34. The smallest absolute Gasteiger partial charge is 0.247 e. The fourth-order valence-corrected chi connectivity index (χ4v) is 4.09. The molecule has 1 saturated heterocycles. The molecule has 6 nitrogen and oxygen atoms in total. The summed E-state index contributed by atoms with van der Waals surface area (Å²) < 4.78 is 5.12. The molecule has 2 aromatic carbocycles. The van der Waals surface area contributed by atoms with Crippen LogP contribution in [0.1, 0.15) is 32.6 Å². The molecular weight excluding hydrogens is 388 g/mol. The molecule has 0 saturated carbocycles. The number of nitrogens with one attached hydrogen (secondary N) is 1. The summed E-state index contributed by atoms with van der Waals surface area (Å²) in [5, 5.41) is 2.40. The largest absolute Gasteiger partial charge is 0.497 e. The van der Waals surface area contributed by atoms with Gasteiger partial charge in [-0.05, 0) is 55.0 Å².